The van der Waals surface area contributed by atoms with Crippen LogP contribution in [0.3, 0.4) is 0 Å². The lowest BCUT2D eigenvalue weighted by Gasteiger charge is -2.16. The summed E-state index contributed by atoms with van der Waals surface area (Å²) < 4.78 is 28.6. The van der Waals surface area contributed by atoms with Crippen molar-refractivity contribution in [2.45, 2.75) is 18.4 Å². The van der Waals surface area contributed by atoms with E-state index in [1.54, 1.807) is 0 Å². The first-order valence-electron chi connectivity index (χ1n) is 9.21. The first-order valence-corrected chi connectivity index (χ1v) is 11.1. The molecule has 0 amide bonds. The molecule has 0 aliphatic carbocycles. The zero-order chi connectivity index (χ0) is 20.1. The highest BCUT2D eigenvalue weighted by Crippen LogP contribution is 2.24. The van der Waals surface area contributed by atoms with Gasteiger partial charge in [-0.1, -0.05) is 19.1 Å². The third kappa shape index (κ3) is 5.27. The Balaban J connectivity index is 1.49. The van der Waals surface area contributed by atoms with E-state index >= 15 is 0 Å². The maximum absolute atomic E-state index is 11.4. The quantitative estimate of drug-likeness (QED) is 0.701. The summed E-state index contributed by atoms with van der Waals surface area (Å²) in [4.78, 5) is 10.3. The molecule has 1 fully saturated rings. The number of nitrogens with zero attached hydrogens (tertiary/aromatic N) is 4. The predicted octanol–water partition coefficient (Wildman–Crippen LogP) is 1.94. The van der Waals surface area contributed by atoms with Crippen molar-refractivity contribution in [3.8, 4) is 11.9 Å². The van der Waals surface area contributed by atoms with E-state index in [2.05, 4.69) is 33.9 Å². The van der Waals surface area contributed by atoms with Crippen LogP contribution in [0.25, 0.3) is 0 Å². The van der Waals surface area contributed by atoms with Gasteiger partial charge in [0.25, 0.3) is 0 Å². The van der Waals surface area contributed by atoms with Crippen LogP contribution in [0.5, 0.6) is 5.88 Å². The molecule has 8 heteroatoms. The molecule has 0 spiro atoms. The minimum atomic E-state index is -3.35. The lowest BCUT2D eigenvalue weighted by atomic mass is 9.99. The molecule has 2 heterocycles. The fourth-order valence-electron chi connectivity index (χ4n) is 3.39. The van der Waals surface area contributed by atoms with Crippen molar-refractivity contribution < 1.29 is 13.2 Å². The molecular formula is C20H24N4O3S. The van der Waals surface area contributed by atoms with Gasteiger partial charge in [0.05, 0.1) is 30.6 Å². The highest BCUT2D eigenvalue weighted by atomic mass is 32.2. The average Bonchev–Trinajstić information content (AvgIpc) is 3.04. The Kier molecular flexibility index (Phi) is 6.27. The Morgan fingerprint density at radius 1 is 1.29 bits per heavy atom. The van der Waals surface area contributed by atoms with Crippen LogP contribution >= 0.6 is 0 Å². The molecule has 1 aliphatic rings. The third-order valence-electron chi connectivity index (χ3n) is 5.05. The minimum absolute atomic E-state index is 0.0549. The lowest BCUT2D eigenvalue weighted by molar-refractivity contribution is 0.217. The number of hydrogen-bond acceptors (Lipinski definition) is 7. The maximum atomic E-state index is 11.4. The van der Waals surface area contributed by atoms with Gasteiger partial charge in [-0.15, -0.1) is 0 Å². The van der Waals surface area contributed by atoms with Crippen LogP contribution in [0.1, 0.15) is 18.1 Å². The van der Waals surface area contributed by atoms with Crippen molar-refractivity contribution in [3.63, 3.8) is 0 Å². The van der Waals surface area contributed by atoms with Crippen molar-refractivity contribution in [2.24, 2.45) is 11.8 Å². The second kappa shape index (κ2) is 8.67. The van der Waals surface area contributed by atoms with E-state index in [4.69, 9.17) is 10.00 Å². The molecule has 2 aromatic rings. The number of sulfone groups is 1. The van der Waals surface area contributed by atoms with E-state index in [0.29, 0.717) is 29.9 Å². The highest BCUT2D eigenvalue weighted by molar-refractivity contribution is 7.90. The van der Waals surface area contributed by atoms with Gasteiger partial charge >= 0.3 is 0 Å². The fraction of sp³-hybridized carbons (Fsp3) is 0.450. The van der Waals surface area contributed by atoms with E-state index in [-0.39, 0.29) is 5.03 Å². The summed E-state index contributed by atoms with van der Waals surface area (Å²) in [6, 6.07) is 9.92. The Hall–Kier alpha value is -2.50. The molecule has 148 valence electrons. The molecular weight excluding hydrogens is 376 g/mol. The zero-order valence-corrected chi connectivity index (χ0v) is 16.9. The van der Waals surface area contributed by atoms with E-state index in [1.165, 1.54) is 18.0 Å². The van der Waals surface area contributed by atoms with Crippen LogP contribution < -0.4 is 4.74 Å². The summed E-state index contributed by atoms with van der Waals surface area (Å²) in [6.07, 6.45) is 4.59. The van der Waals surface area contributed by atoms with Crippen molar-refractivity contribution in [1.29, 1.82) is 5.26 Å². The molecule has 0 N–H and O–H groups in total. The molecule has 0 unspecified atom stereocenters. The number of benzene rings is 1. The molecule has 0 bridgehead atoms. The molecule has 1 aromatic heterocycles. The van der Waals surface area contributed by atoms with Crippen molar-refractivity contribution in [3.05, 3.63) is 47.8 Å². The highest BCUT2D eigenvalue weighted by Gasteiger charge is 2.29. The largest absolute Gasteiger partial charge is 0.476 e. The van der Waals surface area contributed by atoms with E-state index in [1.807, 2.05) is 18.2 Å². The van der Waals surface area contributed by atoms with Crippen LogP contribution in [-0.4, -0.2) is 55.8 Å². The minimum Gasteiger partial charge on any atom is -0.476 e. The maximum Gasteiger partial charge on any atom is 0.232 e. The molecule has 7 nitrogen and oxygen atoms in total. The summed E-state index contributed by atoms with van der Waals surface area (Å²) >= 11 is 0. The fourth-order valence-corrected chi connectivity index (χ4v) is 3.88. The van der Waals surface area contributed by atoms with Crippen LogP contribution in [0.15, 0.2) is 41.7 Å². The molecule has 2 atom stereocenters. The SMILES string of the molecule is C[C@@H]1CN(CCc2cccc(C#N)c2)C[C@H]1COc1cnc(S(C)(=O)=O)cn1. The average molecular weight is 401 g/mol. The number of ether oxygens (including phenoxy) is 1. The van der Waals surface area contributed by atoms with Crippen molar-refractivity contribution >= 4 is 9.84 Å². The molecule has 1 aliphatic heterocycles. The Bertz CT molecular complexity index is 954. The van der Waals surface area contributed by atoms with Crippen LogP contribution in [0.4, 0.5) is 0 Å². The summed E-state index contributed by atoms with van der Waals surface area (Å²) in [5.41, 5.74) is 1.87. The zero-order valence-electron chi connectivity index (χ0n) is 16.1. The van der Waals surface area contributed by atoms with Gasteiger partial charge in [0, 0.05) is 31.8 Å². The number of likely N-dealkylation sites (tertiary alicyclic amines) is 1. The number of nitriles is 1. The first kappa shape index (κ1) is 20.2. The molecule has 28 heavy (non-hydrogen) atoms. The Labute approximate surface area is 165 Å². The van der Waals surface area contributed by atoms with Crippen LogP contribution in [0.2, 0.25) is 0 Å². The third-order valence-corrected chi connectivity index (χ3v) is 6.02. The number of hydrogen-bond donors (Lipinski definition) is 0. The smallest absolute Gasteiger partial charge is 0.232 e. The van der Waals surface area contributed by atoms with E-state index in [9.17, 15) is 8.42 Å². The Morgan fingerprint density at radius 3 is 2.79 bits per heavy atom. The van der Waals surface area contributed by atoms with Crippen LogP contribution in [-0.2, 0) is 16.3 Å². The van der Waals surface area contributed by atoms with E-state index in [0.717, 1.165) is 32.3 Å². The molecule has 0 saturated carbocycles. The molecule has 0 radical (unpaired) electrons. The summed E-state index contributed by atoms with van der Waals surface area (Å²) in [6.45, 7) is 5.62. The summed E-state index contributed by atoms with van der Waals surface area (Å²) in [5.74, 6) is 1.21. The van der Waals surface area contributed by atoms with Crippen molar-refractivity contribution in [2.75, 3.05) is 32.5 Å². The van der Waals surface area contributed by atoms with Gasteiger partial charge < -0.3 is 9.64 Å². The standard InChI is InChI=1S/C20H24N4O3S/c1-15-12-24(7-6-16-4-3-5-17(8-16)9-21)13-18(15)14-27-19-10-23-20(11-22-19)28(2,25)26/h3-5,8,10-11,15,18H,6-7,12-14H2,1-2H3/t15-,18+/m1/s1. The van der Waals surface area contributed by atoms with Crippen LogP contribution in [0, 0.1) is 23.2 Å². The Morgan fingerprint density at radius 2 is 2.11 bits per heavy atom. The monoisotopic (exact) mass is 400 g/mol. The van der Waals surface area contributed by atoms with Gasteiger partial charge in [-0.25, -0.2) is 18.4 Å². The summed E-state index contributed by atoms with van der Waals surface area (Å²) in [5, 5.41) is 8.95. The van der Waals surface area contributed by atoms with Gasteiger partial charge in [-0.3, -0.25) is 0 Å². The normalized spacial score (nSPS) is 20.0. The van der Waals surface area contributed by atoms with Gasteiger partial charge in [-0.2, -0.15) is 5.26 Å². The molecule has 3 rings (SSSR count). The second-order valence-electron chi connectivity index (χ2n) is 7.34. The summed E-state index contributed by atoms with van der Waals surface area (Å²) in [7, 11) is -3.35. The van der Waals surface area contributed by atoms with Gasteiger partial charge in [0.1, 0.15) is 0 Å². The number of rotatable bonds is 7. The van der Waals surface area contributed by atoms with Gasteiger partial charge in [-0.05, 0) is 30.0 Å². The first-order chi connectivity index (χ1) is 13.3. The predicted molar refractivity (Wildman–Crippen MR) is 105 cm³/mol. The molecule has 1 aromatic carbocycles. The lowest BCUT2D eigenvalue weighted by Crippen LogP contribution is -2.25. The number of aromatic nitrogens is 2. The second-order valence-corrected chi connectivity index (χ2v) is 9.30. The van der Waals surface area contributed by atoms with E-state index < -0.39 is 9.84 Å². The van der Waals surface area contributed by atoms with Crippen molar-refractivity contribution in [1.82, 2.24) is 14.9 Å². The topological polar surface area (TPSA) is 96.2 Å². The van der Waals surface area contributed by atoms with Gasteiger partial charge in [0.2, 0.25) is 5.88 Å². The van der Waals surface area contributed by atoms with Gasteiger partial charge in [0.15, 0.2) is 14.9 Å². The molecule has 1 saturated heterocycles.